The molecular formula is C22H18FN3O4S. The van der Waals surface area contributed by atoms with E-state index in [9.17, 15) is 9.18 Å². The lowest BCUT2D eigenvalue weighted by Crippen LogP contribution is -2.07. The molecule has 4 rings (SSSR count). The van der Waals surface area contributed by atoms with E-state index in [-0.39, 0.29) is 12.4 Å². The second-order valence-corrected chi connectivity index (χ2v) is 7.27. The van der Waals surface area contributed by atoms with Gasteiger partial charge in [-0.2, -0.15) is 0 Å². The Balaban J connectivity index is 1.59. The third kappa shape index (κ3) is 4.61. The molecule has 2 heterocycles. The number of hydrogen-bond donors (Lipinski definition) is 0. The number of rotatable bonds is 8. The summed E-state index contributed by atoms with van der Waals surface area (Å²) in [7, 11) is 1.32. The van der Waals surface area contributed by atoms with Crippen molar-refractivity contribution in [1.29, 1.82) is 0 Å². The highest BCUT2D eigenvalue weighted by atomic mass is 32.2. The van der Waals surface area contributed by atoms with Crippen LogP contribution in [-0.2, 0) is 17.1 Å². The molecule has 158 valence electrons. The Morgan fingerprint density at radius 1 is 1.10 bits per heavy atom. The molecule has 2 aromatic carbocycles. The number of aromatic nitrogens is 3. The number of thioether (sulfide) groups is 1. The first-order valence-corrected chi connectivity index (χ1v) is 10.3. The lowest BCUT2D eigenvalue weighted by Gasteiger charge is -2.11. The number of halogens is 1. The second kappa shape index (κ2) is 9.48. The van der Waals surface area contributed by atoms with Crippen molar-refractivity contribution in [2.45, 2.75) is 17.5 Å². The van der Waals surface area contributed by atoms with Crippen LogP contribution in [0, 0.1) is 5.82 Å². The van der Waals surface area contributed by atoms with Crippen molar-refractivity contribution in [1.82, 2.24) is 14.8 Å². The van der Waals surface area contributed by atoms with E-state index in [0.29, 0.717) is 28.1 Å². The van der Waals surface area contributed by atoms with Crippen molar-refractivity contribution >= 4 is 17.7 Å². The molecule has 0 radical (unpaired) electrons. The van der Waals surface area contributed by atoms with Crippen LogP contribution in [0.4, 0.5) is 4.39 Å². The minimum atomic E-state index is -0.465. The van der Waals surface area contributed by atoms with E-state index in [1.165, 1.54) is 31.2 Å². The summed E-state index contributed by atoms with van der Waals surface area (Å²) >= 11 is 1.35. The molecule has 0 aliphatic heterocycles. The minimum absolute atomic E-state index is 0.0253. The maximum Gasteiger partial charge on any atom is 0.341 e. The van der Waals surface area contributed by atoms with Gasteiger partial charge >= 0.3 is 5.97 Å². The van der Waals surface area contributed by atoms with Crippen LogP contribution in [0.5, 0.6) is 5.75 Å². The van der Waals surface area contributed by atoms with Crippen molar-refractivity contribution in [3.05, 3.63) is 89.9 Å². The third-order valence-corrected chi connectivity index (χ3v) is 5.32. The second-order valence-electron chi connectivity index (χ2n) is 6.33. The molecule has 0 spiro atoms. The Labute approximate surface area is 181 Å². The molecule has 0 saturated carbocycles. The molecule has 0 fully saturated rings. The van der Waals surface area contributed by atoms with Gasteiger partial charge in [0.1, 0.15) is 17.9 Å². The molecule has 7 nitrogen and oxygen atoms in total. The fourth-order valence-corrected chi connectivity index (χ4v) is 3.82. The highest BCUT2D eigenvalue weighted by Gasteiger charge is 2.19. The fraction of sp³-hybridized carbons (Fsp3) is 0.136. The smallest absolute Gasteiger partial charge is 0.341 e. The lowest BCUT2D eigenvalue weighted by molar-refractivity contribution is 0.0598. The van der Waals surface area contributed by atoms with E-state index >= 15 is 0 Å². The molecule has 0 unspecified atom stereocenters. The number of methoxy groups -OCH3 is 1. The highest BCUT2D eigenvalue weighted by Crippen LogP contribution is 2.28. The van der Waals surface area contributed by atoms with Crippen LogP contribution < -0.4 is 4.74 Å². The molecule has 4 aromatic rings. The van der Waals surface area contributed by atoms with Crippen molar-refractivity contribution in [2.75, 3.05) is 7.11 Å². The Kier molecular flexibility index (Phi) is 6.32. The summed E-state index contributed by atoms with van der Waals surface area (Å²) in [5, 5.41) is 9.07. The minimum Gasteiger partial charge on any atom is -0.483 e. The summed E-state index contributed by atoms with van der Waals surface area (Å²) in [6, 6.07) is 17.3. The van der Waals surface area contributed by atoms with Crippen LogP contribution in [0.15, 0.2) is 76.5 Å². The predicted molar refractivity (Wildman–Crippen MR) is 112 cm³/mol. The summed E-state index contributed by atoms with van der Waals surface area (Å²) in [5.41, 5.74) is 1.19. The number of esters is 1. The van der Waals surface area contributed by atoms with Gasteiger partial charge in [0.2, 0.25) is 0 Å². The molecular weight excluding hydrogens is 421 g/mol. The number of ether oxygens (including phenoxy) is 2. The first-order chi connectivity index (χ1) is 15.2. The SMILES string of the molecule is COC(=O)c1ccoc1CSc1nnc(COc2ccccc2F)n1-c1ccccc1. The van der Waals surface area contributed by atoms with Gasteiger partial charge in [-0.15, -0.1) is 10.2 Å². The van der Waals surface area contributed by atoms with Crippen LogP contribution >= 0.6 is 11.8 Å². The third-order valence-electron chi connectivity index (χ3n) is 4.39. The van der Waals surface area contributed by atoms with Gasteiger partial charge in [0, 0.05) is 5.69 Å². The maximum absolute atomic E-state index is 13.9. The van der Waals surface area contributed by atoms with Crippen LogP contribution in [0.1, 0.15) is 21.9 Å². The van der Waals surface area contributed by atoms with E-state index in [1.54, 1.807) is 24.3 Å². The van der Waals surface area contributed by atoms with Crippen molar-refractivity contribution in [2.24, 2.45) is 0 Å². The summed E-state index contributed by atoms with van der Waals surface area (Å²) in [6.45, 7) is 0.0253. The van der Waals surface area contributed by atoms with Crippen molar-refractivity contribution < 1.29 is 23.1 Å². The zero-order valence-electron chi connectivity index (χ0n) is 16.5. The Morgan fingerprint density at radius 2 is 1.87 bits per heavy atom. The number of hydrogen-bond acceptors (Lipinski definition) is 7. The largest absolute Gasteiger partial charge is 0.483 e. The average Bonchev–Trinajstić information content (AvgIpc) is 3.44. The van der Waals surface area contributed by atoms with E-state index < -0.39 is 11.8 Å². The molecule has 31 heavy (non-hydrogen) atoms. The van der Waals surface area contributed by atoms with Crippen LogP contribution in [-0.4, -0.2) is 27.8 Å². The molecule has 0 atom stereocenters. The van der Waals surface area contributed by atoms with Gasteiger partial charge in [0.25, 0.3) is 0 Å². The topological polar surface area (TPSA) is 79.4 Å². The van der Waals surface area contributed by atoms with E-state index in [4.69, 9.17) is 13.9 Å². The zero-order chi connectivity index (χ0) is 21.6. The molecule has 0 N–H and O–H groups in total. The standard InChI is InChI=1S/C22H18FN3O4S/c1-28-21(27)16-11-12-29-19(16)14-31-22-25-24-20(26(22)15-7-3-2-4-8-15)13-30-18-10-6-5-9-17(18)23/h2-12H,13-14H2,1H3. The Morgan fingerprint density at radius 3 is 2.65 bits per heavy atom. The lowest BCUT2D eigenvalue weighted by atomic mass is 10.3. The van der Waals surface area contributed by atoms with Gasteiger partial charge in [0.05, 0.1) is 19.1 Å². The maximum atomic E-state index is 13.9. The first kappa shape index (κ1) is 20.7. The number of carbonyl (C=O) groups excluding carboxylic acids is 1. The zero-order valence-corrected chi connectivity index (χ0v) is 17.3. The van der Waals surface area contributed by atoms with Gasteiger partial charge in [-0.25, -0.2) is 9.18 Å². The number of furan rings is 1. The molecule has 2 aromatic heterocycles. The fourth-order valence-electron chi connectivity index (χ4n) is 2.90. The molecule has 0 aliphatic carbocycles. The van der Waals surface area contributed by atoms with E-state index in [2.05, 4.69) is 10.2 Å². The summed E-state index contributed by atoms with van der Waals surface area (Å²) in [5.74, 6) is 0.547. The van der Waals surface area contributed by atoms with Crippen LogP contribution in [0.25, 0.3) is 5.69 Å². The summed E-state index contributed by atoms with van der Waals surface area (Å²) in [6.07, 6.45) is 1.44. The quantitative estimate of drug-likeness (QED) is 0.292. The number of benzene rings is 2. The monoisotopic (exact) mass is 439 g/mol. The Bertz CT molecular complexity index is 1180. The van der Waals surface area contributed by atoms with Crippen molar-refractivity contribution in [3.8, 4) is 11.4 Å². The van der Waals surface area contributed by atoms with Gasteiger partial charge in [-0.3, -0.25) is 4.57 Å². The van der Waals surface area contributed by atoms with Gasteiger partial charge in [0.15, 0.2) is 22.5 Å². The number of para-hydroxylation sites is 2. The Hall–Kier alpha value is -3.59. The predicted octanol–water partition coefficient (Wildman–Crippen LogP) is 4.66. The molecule has 0 saturated heterocycles. The van der Waals surface area contributed by atoms with Crippen LogP contribution in [0.2, 0.25) is 0 Å². The summed E-state index contributed by atoms with van der Waals surface area (Å²) < 4.78 is 31.6. The normalized spacial score (nSPS) is 10.8. The van der Waals surface area contributed by atoms with E-state index in [1.807, 2.05) is 34.9 Å². The molecule has 9 heteroatoms. The summed E-state index contributed by atoms with van der Waals surface area (Å²) in [4.78, 5) is 11.9. The van der Waals surface area contributed by atoms with Gasteiger partial charge < -0.3 is 13.9 Å². The molecule has 0 aliphatic rings. The highest BCUT2D eigenvalue weighted by molar-refractivity contribution is 7.98. The number of carbonyl (C=O) groups is 1. The van der Waals surface area contributed by atoms with E-state index in [0.717, 1.165) is 5.69 Å². The van der Waals surface area contributed by atoms with Crippen molar-refractivity contribution in [3.63, 3.8) is 0 Å². The van der Waals surface area contributed by atoms with Crippen LogP contribution in [0.3, 0.4) is 0 Å². The average molecular weight is 439 g/mol. The van der Waals surface area contributed by atoms with Gasteiger partial charge in [-0.1, -0.05) is 42.1 Å². The van der Waals surface area contributed by atoms with Gasteiger partial charge in [-0.05, 0) is 30.3 Å². The first-order valence-electron chi connectivity index (χ1n) is 9.32. The molecule has 0 bridgehead atoms. The molecule has 0 amide bonds. The number of nitrogens with zero attached hydrogens (tertiary/aromatic N) is 3.